The van der Waals surface area contributed by atoms with Gasteiger partial charge in [-0.25, -0.2) is 4.98 Å². The highest BCUT2D eigenvalue weighted by Crippen LogP contribution is 2.30. The third kappa shape index (κ3) is 1.12. The van der Waals surface area contributed by atoms with Gasteiger partial charge in [0.1, 0.15) is 5.82 Å². The molecular weight excluding hydrogens is 170 g/mol. The molecule has 2 rings (SSSR count). The molecule has 1 aromatic rings. The zero-order valence-corrected chi connectivity index (χ0v) is 7.53. The molecule has 2 heterocycles. The van der Waals surface area contributed by atoms with E-state index in [0.717, 1.165) is 11.5 Å². The summed E-state index contributed by atoms with van der Waals surface area (Å²) in [6.45, 7) is 2.46. The summed E-state index contributed by atoms with van der Waals surface area (Å²) in [4.78, 5) is 19.9. The molecule has 0 fully saturated rings. The molecule has 13 heavy (non-hydrogen) atoms. The van der Waals surface area contributed by atoms with E-state index in [0.29, 0.717) is 12.2 Å². The number of aromatic nitrogens is 2. The predicted octanol–water partition coefficient (Wildman–Crippen LogP) is 0.289. The van der Waals surface area contributed by atoms with Gasteiger partial charge >= 0.3 is 5.97 Å². The minimum Gasteiger partial charge on any atom is -0.480 e. The van der Waals surface area contributed by atoms with Gasteiger partial charge in [0.05, 0.1) is 11.4 Å². The first-order chi connectivity index (χ1) is 6.09. The van der Waals surface area contributed by atoms with Crippen LogP contribution in [0.15, 0.2) is 0 Å². The standard InChI is InChI=1S/C8H11N3O2/c1-4-9-5-3-11(2)7(8(12)13)6(5)10-4/h7H,3H2,1-2H3,(H,9,10)(H,12,13). The molecule has 0 saturated carbocycles. The maximum Gasteiger partial charge on any atom is 0.327 e. The molecule has 2 N–H and O–H groups in total. The van der Waals surface area contributed by atoms with Gasteiger partial charge in [-0.1, -0.05) is 0 Å². The molecule has 1 unspecified atom stereocenters. The minimum atomic E-state index is -0.840. The average molecular weight is 181 g/mol. The molecule has 5 heteroatoms. The molecule has 0 radical (unpaired) electrons. The Labute approximate surface area is 75.4 Å². The number of carbonyl (C=O) groups is 1. The number of H-pyrrole nitrogens is 1. The molecule has 1 aliphatic heterocycles. The molecule has 0 spiro atoms. The summed E-state index contributed by atoms with van der Waals surface area (Å²) in [5.74, 6) is -0.0582. The largest absolute Gasteiger partial charge is 0.480 e. The van der Waals surface area contributed by atoms with Crippen molar-refractivity contribution in [3.8, 4) is 0 Å². The Bertz CT molecular complexity index is 358. The Morgan fingerprint density at radius 1 is 1.77 bits per heavy atom. The fourth-order valence-electron chi connectivity index (χ4n) is 1.76. The second-order valence-electron chi connectivity index (χ2n) is 3.34. The van der Waals surface area contributed by atoms with Crippen LogP contribution in [0.5, 0.6) is 0 Å². The number of likely N-dealkylation sites (N-methyl/N-ethyl adjacent to an activating group) is 1. The number of carboxylic acid groups (broad SMARTS) is 1. The maximum absolute atomic E-state index is 10.9. The summed E-state index contributed by atoms with van der Waals surface area (Å²) in [6, 6.07) is -0.583. The molecule has 0 bridgehead atoms. The highest BCUT2D eigenvalue weighted by Gasteiger charge is 2.35. The lowest BCUT2D eigenvalue weighted by molar-refractivity contribution is -0.142. The van der Waals surface area contributed by atoms with Gasteiger partial charge in [0, 0.05) is 6.54 Å². The number of rotatable bonds is 1. The number of nitrogens with zero attached hydrogens (tertiary/aromatic N) is 2. The van der Waals surface area contributed by atoms with Crippen LogP contribution in [0, 0.1) is 6.92 Å². The van der Waals surface area contributed by atoms with Crippen LogP contribution >= 0.6 is 0 Å². The van der Waals surface area contributed by atoms with Gasteiger partial charge in [-0.2, -0.15) is 0 Å². The van der Waals surface area contributed by atoms with Crippen molar-refractivity contribution in [2.24, 2.45) is 0 Å². The topological polar surface area (TPSA) is 69.2 Å². The van der Waals surface area contributed by atoms with Crippen molar-refractivity contribution in [2.75, 3.05) is 7.05 Å². The van der Waals surface area contributed by atoms with Crippen molar-refractivity contribution < 1.29 is 9.90 Å². The lowest BCUT2D eigenvalue weighted by Gasteiger charge is -2.14. The van der Waals surface area contributed by atoms with Crippen molar-refractivity contribution in [1.29, 1.82) is 0 Å². The van der Waals surface area contributed by atoms with E-state index in [1.807, 2.05) is 6.92 Å². The summed E-state index contributed by atoms with van der Waals surface area (Å²) >= 11 is 0. The second-order valence-corrected chi connectivity index (χ2v) is 3.34. The molecule has 0 saturated heterocycles. The number of aliphatic carboxylic acids is 1. The Kier molecular flexibility index (Phi) is 1.63. The minimum absolute atomic E-state index is 0.583. The van der Waals surface area contributed by atoms with Crippen LogP contribution in [0.4, 0.5) is 0 Å². The lowest BCUT2D eigenvalue weighted by atomic mass is 10.2. The van der Waals surface area contributed by atoms with E-state index in [1.54, 1.807) is 11.9 Å². The molecule has 0 amide bonds. The Morgan fingerprint density at radius 2 is 2.46 bits per heavy atom. The van der Waals surface area contributed by atoms with Crippen LogP contribution in [0.25, 0.3) is 0 Å². The highest BCUT2D eigenvalue weighted by molar-refractivity contribution is 5.76. The van der Waals surface area contributed by atoms with Crippen LogP contribution in [-0.2, 0) is 11.3 Å². The Hall–Kier alpha value is -1.36. The first kappa shape index (κ1) is 8.25. The van der Waals surface area contributed by atoms with E-state index in [4.69, 9.17) is 5.11 Å². The average Bonchev–Trinajstić information content (AvgIpc) is 2.41. The van der Waals surface area contributed by atoms with E-state index in [1.165, 1.54) is 0 Å². The Morgan fingerprint density at radius 3 is 3.08 bits per heavy atom. The number of aryl methyl sites for hydroxylation is 1. The second kappa shape index (κ2) is 2.56. The van der Waals surface area contributed by atoms with E-state index in [2.05, 4.69) is 9.97 Å². The third-order valence-corrected chi connectivity index (χ3v) is 2.27. The zero-order chi connectivity index (χ0) is 9.59. The van der Waals surface area contributed by atoms with Gasteiger partial charge in [-0.05, 0) is 14.0 Å². The summed E-state index contributed by atoms with van der Waals surface area (Å²) in [5.41, 5.74) is 1.58. The number of carboxylic acids is 1. The number of fused-ring (bicyclic) bond motifs is 1. The molecule has 1 aliphatic rings. The summed E-state index contributed by atoms with van der Waals surface area (Å²) < 4.78 is 0. The van der Waals surface area contributed by atoms with Crippen LogP contribution < -0.4 is 0 Å². The van der Waals surface area contributed by atoms with Crippen molar-refractivity contribution in [2.45, 2.75) is 19.5 Å². The maximum atomic E-state index is 10.9. The van der Waals surface area contributed by atoms with Crippen LogP contribution in [0.3, 0.4) is 0 Å². The highest BCUT2D eigenvalue weighted by atomic mass is 16.4. The fraction of sp³-hybridized carbons (Fsp3) is 0.500. The van der Waals surface area contributed by atoms with E-state index < -0.39 is 12.0 Å². The van der Waals surface area contributed by atoms with Gasteiger partial charge in [-0.3, -0.25) is 9.69 Å². The number of hydrogen-bond donors (Lipinski definition) is 2. The van der Waals surface area contributed by atoms with Gasteiger partial charge < -0.3 is 10.1 Å². The Balaban J connectivity index is 2.44. The molecular formula is C8H11N3O2. The number of imidazole rings is 1. The molecule has 0 aromatic carbocycles. The molecule has 1 atom stereocenters. The number of hydrogen-bond acceptors (Lipinski definition) is 3. The number of aromatic amines is 1. The molecule has 0 aliphatic carbocycles. The summed E-state index contributed by atoms with van der Waals surface area (Å²) in [5, 5.41) is 8.94. The number of nitrogens with one attached hydrogen (secondary N) is 1. The van der Waals surface area contributed by atoms with Crippen LogP contribution in [0.2, 0.25) is 0 Å². The SMILES string of the molecule is Cc1nc2c([nH]1)CN(C)C2C(=O)O. The first-order valence-electron chi connectivity index (χ1n) is 4.08. The van der Waals surface area contributed by atoms with Crippen molar-refractivity contribution in [3.05, 3.63) is 17.2 Å². The van der Waals surface area contributed by atoms with Crippen molar-refractivity contribution in [3.63, 3.8) is 0 Å². The molecule has 1 aromatic heterocycles. The van der Waals surface area contributed by atoms with E-state index in [-0.39, 0.29) is 0 Å². The predicted molar refractivity (Wildman–Crippen MR) is 45.2 cm³/mol. The van der Waals surface area contributed by atoms with Gasteiger partial charge in [0.25, 0.3) is 0 Å². The van der Waals surface area contributed by atoms with Gasteiger partial charge in [0.15, 0.2) is 6.04 Å². The monoisotopic (exact) mass is 181 g/mol. The third-order valence-electron chi connectivity index (χ3n) is 2.27. The van der Waals surface area contributed by atoms with Crippen molar-refractivity contribution >= 4 is 5.97 Å². The van der Waals surface area contributed by atoms with E-state index >= 15 is 0 Å². The van der Waals surface area contributed by atoms with Gasteiger partial charge in [0.2, 0.25) is 0 Å². The quantitative estimate of drug-likeness (QED) is 0.653. The summed E-state index contributed by atoms with van der Waals surface area (Å²) in [6.07, 6.45) is 0. The normalized spacial score (nSPS) is 21.8. The van der Waals surface area contributed by atoms with Crippen molar-refractivity contribution in [1.82, 2.24) is 14.9 Å². The first-order valence-corrected chi connectivity index (χ1v) is 4.08. The van der Waals surface area contributed by atoms with Crippen LogP contribution in [-0.4, -0.2) is 33.0 Å². The fourth-order valence-corrected chi connectivity index (χ4v) is 1.76. The molecule has 70 valence electrons. The van der Waals surface area contributed by atoms with Gasteiger partial charge in [-0.15, -0.1) is 0 Å². The van der Waals surface area contributed by atoms with Crippen LogP contribution in [0.1, 0.15) is 23.3 Å². The smallest absolute Gasteiger partial charge is 0.327 e. The summed E-state index contributed by atoms with van der Waals surface area (Å²) in [7, 11) is 1.78. The lowest BCUT2D eigenvalue weighted by Crippen LogP contribution is -2.24. The van der Waals surface area contributed by atoms with E-state index in [9.17, 15) is 4.79 Å². The molecule has 5 nitrogen and oxygen atoms in total. The zero-order valence-electron chi connectivity index (χ0n) is 7.53.